The molecular formula is C26H27N5O5S. The minimum atomic E-state index is -4.12. The van der Waals surface area contributed by atoms with Crippen LogP contribution in [0.15, 0.2) is 71.6 Å². The normalized spacial score (nSPS) is 12.1. The number of hydrogen-bond donors (Lipinski definition) is 4. The number of aromatic hydroxyl groups is 1. The standard InChI is InChI=1S/C26H27N5O5S/c1-4-16(2)26(33)28-17-8-7-9-21(14-17)37(34,35)31-25-24(29-22-10-5-6-11-23(22)30-25)27-18-12-19(32)15-20(13-18)36-3/h5-16,32H,4H2,1-3H3,(H,27,29)(H,28,33)(H,30,31). The molecule has 0 aliphatic rings. The number of sulfonamides is 1. The zero-order valence-corrected chi connectivity index (χ0v) is 21.3. The van der Waals surface area contributed by atoms with Crippen molar-refractivity contribution in [1.29, 1.82) is 0 Å². The van der Waals surface area contributed by atoms with Gasteiger partial charge in [-0.2, -0.15) is 0 Å². The van der Waals surface area contributed by atoms with E-state index in [1.807, 2.05) is 6.92 Å². The molecule has 4 aromatic rings. The van der Waals surface area contributed by atoms with Gasteiger partial charge in [-0.3, -0.25) is 9.52 Å². The Labute approximate surface area is 214 Å². The first kappa shape index (κ1) is 25.7. The van der Waals surface area contributed by atoms with Crippen molar-refractivity contribution < 1.29 is 23.1 Å². The number of methoxy groups -OCH3 is 1. The average Bonchev–Trinajstić information content (AvgIpc) is 2.88. The first-order chi connectivity index (χ1) is 17.7. The first-order valence-electron chi connectivity index (χ1n) is 11.5. The first-order valence-corrected chi connectivity index (χ1v) is 13.0. The highest BCUT2D eigenvalue weighted by Gasteiger charge is 2.20. The number of rotatable bonds is 9. The van der Waals surface area contributed by atoms with E-state index in [0.717, 1.165) is 0 Å². The Hall–Kier alpha value is -4.38. The number of phenols is 1. The molecule has 0 saturated carbocycles. The molecule has 0 saturated heterocycles. The van der Waals surface area contributed by atoms with Crippen LogP contribution in [0.2, 0.25) is 0 Å². The minimum absolute atomic E-state index is 0.0462. The zero-order valence-electron chi connectivity index (χ0n) is 20.5. The topological polar surface area (TPSA) is 143 Å². The molecular weight excluding hydrogens is 494 g/mol. The lowest BCUT2D eigenvalue weighted by Crippen LogP contribution is -2.20. The molecule has 10 nitrogen and oxygen atoms in total. The zero-order chi connectivity index (χ0) is 26.6. The summed E-state index contributed by atoms with van der Waals surface area (Å²) in [5.74, 6) is 0.0178. The van der Waals surface area contributed by atoms with Crippen molar-refractivity contribution in [2.45, 2.75) is 25.2 Å². The Bertz CT molecular complexity index is 1560. The molecule has 0 fully saturated rings. The molecule has 192 valence electrons. The summed E-state index contributed by atoms with van der Waals surface area (Å²) in [5.41, 5.74) is 1.79. The molecule has 1 atom stereocenters. The number of aromatic nitrogens is 2. The van der Waals surface area contributed by atoms with Gasteiger partial charge in [0.1, 0.15) is 11.5 Å². The van der Waals surface area contributed by atoms with Crippen LogP contribution in [0.1, 0.15) is 20.3 Å². The van der Waals surface area contributed by atoms with Gasteiger partial charge in [0.15, 0.2) is 11.6 Å². The molecule has 4 rings (SSSR count). The highest BCUT2D eigenvalue weighted by Crippen LogP contribution is 2.31. The number of nitrogens with zero attached hydrogens (tertiary/aromatic N) is 2. The van der Waals surface area contributed by atoms with Crippen LogP contribution >= 0.6 is 0 Å². The van der Waals surface area contributed by atoms with Crippen molar-refractivity contribution in [3.63, 3.8) is 0 Å². The third-order valence-corrected chi connectivity index (χ3v) is 7.00. The monoisotopic (exact) mass is 521 g/mol. The molecule has 1 amide bonds. The predicted octanol–water partition coefficient (Wildman–Crippen LogP) is 4.87. The molecule has 1 heterocycles. The van der Waals surface area contributed by atoms with Crippen molar-refractivity contribution in [3.05, 3.63) is 66.7 Å². The number of carbonyl (C=O) groups is 1. The van der Waals surface area contributed by atoms with Gasteiger partial charge in [-0.25, -0.2) is 18.4 Å². The lowest BCUT2D eigenvalue weighted by Gasteiger charge is -2.15. The Morgan fingerprint density at radius 3 is 2.35 bits per heavy atom. The summed E-state index contributed by atoms with van der Waals surface area (Å²) in [5, 5.41) is 15.8. The summed E-state index contributed by atoms with van der Waals surface area (Å²) in [6, 6.07) is 17.5. The Morgan fingerprint density at radius 2 is 1.68 bits per heavy atom. The number of amides is 1. The fraction of sp³-hybridized carbons (Fsp3) is 0.192. The van der Waals surface area contributed by atoms with Crippen molar-refractivity contribution in [2.24, 2.45) is 5.92 Å². The number of benzene rings is 3. The van der Waals surface area contributed by atoms with E-state index < -0.39 is 10.0 Å². The van der Waals surface area contributed by atoms with Crippen LogP contribution in [0.5, 0.6) is 11.5 Å². The lowest BCUT2D eigenvalue weighted by molar-refractivity contribution is -0.119. The van der Waals surface area contributed by atoms with Gasteiger partial charge in [0.2, 0.25) is 5.91 Å². The van der Waals surface area contributed by atoms with Crippen LogP contribution in [0.3, 0.4) is 0 Å². The summed E-state index contributed by atoms with van der Waals surface area (Å²) < 4.78 is 34.4. The van der Waals surface area contributed by atoms with E-state index in [-0.39, 0.29) is 34.1 Å². The van der Waals surface area contributed by atoms with E-state index >= 15 is 0 Å². The highest BCUT2D eigenvalue weighted by molar-refractivity contribution is 7.92. The van der Waals surface area contributed by atoms with Crippen LogP contribution in [0, 0.1) is 5.92 Å². The number of ether oxygens (including phenoxy) is 1. The van der Waals surface area contributed by atoms with E-state index in [9.17, 15) is 18.3 Å². The number of phenolic OH excluding ortho intramolecular Hbond substituents is 1. The SMILES string of the molecule is CCC(C)C(=O)Nc1cccc(S(=O)(=O)Nc2nc3ccccc3nc2Nc2cc(O)cc(OC)c2)c1. The van der Waals surface area contributed by atoms with Gasteiger partial charge in [-0.05, 0) is 36.8 Å². The van der Waals surface area contributed by atoms with Crippen molar-refractivity contribution >= 4 is 50.0 Å². The molecule has 0 bridgehead atoms. The molecule has 0 aliphatic heterocycles. The molecule has 4 N–H and O–H groups in total. The van der Waals surface area contributed by atoms with Gasteiger partial charge in [-0.15, -0.1) is 0 Å². The lowest BCUT2D eigenvalue weighted by atomic mass is 10.1. The third-order valence-electron chi connectivity index (χ3n) is 5.66. The summed E-state index contributed by atoms with van der Waals surface area (Å²) >= 11 is 0. The summed E-state index contributed by atoms with van der Waals surface area (Å²) in [4.78, 5) is 21.2. The van der Waals surface area contributed by atoms with Crippen LogP contribution in [-0.2, 0) is 14.8 Å². The second-order valence-electron chi connectivity index (χ2n) is 8.39. The second kappa shape index (κ2) is 10.7. The summed E-state index contributed by atoms with van der Waals surface area (Å²) in [7, 11) is -2.65. The van der Waals surface area contributed by atoms with E-state index in [1.165, 1.54) is 31.4 Å². The molecule has 0 spiro atoms. The molecule has 37 heavy (non-hydrogen) atoms. The third kappa shape index (κ3) is 6.07. The van der Waals surface area contributed by atoms with Gasteiger partial charge < -0.3 is 20.5 Å². The number of hydrogen-bond acceptors (Lipinski definition) is 8. The van der Waals surface area contributed by atoms with E-state index in [0.29, 0.717) is 34.6 Å². The maximum absolute atomic E-state index is 13.3. The number of anilines is 4. The number of fused-ring (bicyclic) bond motifs is 1. The molecule has 3 aromatic carbocycles. The molecule has 0 radical (unpaired) electrons. The van der Waals surface area contributed by atoms with E-state index in [4.69, 9.17) is 4.74 Å². The molecule has 0 aliphatic carbocycles. The van der Waals surface area contributed by atoms with Crippen LogP contribution < -0.4 is 20.1 Å². The fourth-order valence-electron chi connectivity index (χ4n) is 3.45. The number of carbonyl (C=O) groups excluding carboxylic acids is 1. The van der Waals surface area contributed by atoms with Gasteiger partial charge >= 0.3 is 0 Å². The fourth-order valence-corrected chi connectivity index (χ4v) is 4.50. The smallest absolute Gasteiger partial charge is 0.263 e. The van der Waals surface area contributed by atoms with Gasteiger partial charge in [0.25, 0.3) is 10.0 Å². The van der Waals surface area contributed by atoms with E-state index in [1.54, 1.807) is 49.4 Å². The van der Waals surface area contributed by atoms with Crippen LogP contribution in [0.4, 0.5) is 23.0 Å². The Morgan fingerprint density at radius 1 is 0.973 bits per heavy atom. The Kier molecular flexibility index (Phi) is 7.44. The molecule has 11 heteroatoms. The Balaban J connectivity index is 1.70. The average molecular weight is 522 g/mol. The molecule has 1 unspecified atom stereocenters. The molecule has 1 aromatic heterocycles. The minimum Gasteiger partial charge on any atom is -0.508 e. The largest absolute Gasteiger partial charge is 0.508 e. The van der Waals surface area contributed by atoms with Crippen LogP contribution in [-0.4, -0.2) is 36.5 Å². The quantitative estimate of drug-likeness (QED) is 0.244. The van der Waals surface area contributed by atoms with Crippen molar-refractivity contribution in [3.8, 4) is 11.5 Å². The van der Waals surface area contributed by atoms with Crippen molar-refractivity contribution in [1.82, 2.24) is 9.97 Å². The summed E-state index contributed by atoms with van der Waals surface area (Å²) in [6.45, 7) is 3.70. The van der Waals surface area contributed by atoms with Gasteiger partial charge in [0, 0.05) is 35.5 Å². The second-order valence-corrected chi connectivity index (χ2v) is 10.1. The predicted molar refractivity (Wildman–Crippen MR) is 143 cm³/mol. The summed E-state index contributed by atoms with van der Waals surface area (Å²) in [6.07, 6.45) is 0.660. The maximum atomic E-state index is 13.3. The van der Waals surface area contributed by atoms with Crippen molar-refractivity contribution in [2.75, 3.05) is 22.5 Å². The van der Waals surface area contributed by atoms with Crippen LogP contribution in [0.25, 0.3) is 11.0 Å². The number of para-hydroxylation sites is 2. The number of nitrogens with one attached hydrogen (secondary N) is 3. The highest BCUT2D eigenvalue weighted by atomic mass is 32.2. The maximum Gasteiger partial charge on any atom is 0.263 e. The van der Waals surface area contributed by atoms with Gasteiger partial charge in [0.05, 0.1) is 23.0 Å². The van der Waals surface area contributed by atoms with Gasteiger partial charge in [-0.1, -0.05) is 32.0 Å². The van der Waals surface area contributed by atoms with E-state index in [2.05, 4.69) is 25.3 Å².